The normalized spacial score (nSPS) is 42.3. The number of carbonyl (C=O) groups is 1. The van der Waals surface area contributed by atoms with Crippen LogP contribution in [0.4, 0.5) is 0 Å². The Morgan fingerprint density at radius 2 is 1.96 bits per heavy atom. The van der Waals surface area contributed by atoms with Crippen molar-refractivity contribution >= 4 is 5.91 Å². The van der Waals surface area contributed by atoms with E-state index in [0.717, 1.165) is 31.6 Å². The molecular formula is C20H30N2O2. The Balaban J connectivity index is 1.57. The summed E-state index contributed by atoms with van der Waals surface area (Å²) in [4.78, 5) is 13.7. The van der Waals surface area contributed by atoms with Gasteiger partial charge in [0.15, 0.2) is 0 Å². The van der Waals surface area contributed by atoms with Crippen molar-refractivity contribution in [1.82, 2.24) is 4.90 Å². The highest BCUT2D eigenvalue weighted by Crippen LogP contribution is 2.58. The third-order valence-electron chi connectivity index (χ3n) is 7.13. The zero-order valence-corrected chi connectivity index (χ0v) is 14.9. The summed E-state index contributed by atoms with van der Waals surface area (Å²) in [6.07, 6.45) is 13.2. The summed E-state index contributed by atoms with van der Waals surface area (Å²) in [6, 6.07) is 0.519. The van der Waals surface area contributed by atoms with E-state index in [0.29, 0.717) is 24.3 Å². The fourth-order valence-electron chi connectivity index (χ4n) is 6.34. The molecule has 4 fully saturated rings. The Kier molecular flexibility index (Phi) is 3.61. The lowest BCUT2D eigenvalue weighted by molar-refractivity contribution is -0.161. The summed E-state index contributed by atoms with van der Waals surface area (Å²) in [7, 11) is 0. The predicted molar refractivity (Wildman–Crippen MR) is 93.9 cm³/mol. The Morgan fingerprint density at radius 3 is 2.54 bits per heavy atom. The fraction of sp³-hybridized carbons (Fsp3) is 0.750. The van der Waals surface area contributed by atoms with Crippen molar-refractivity contribution in [1.29, 1.82) is 0 Å². The van der Waals surface area contributed by atoms with E-state index in [1.54, 1.807) is 0 Å². The van der Waals surface area contributed by atoms with Crippen LogP contribution in [-0.2, 0) is 4.79 Å². The fourth-order valence-corrected chi connectivity index (χ4v) is 6.34. The highest BCUT2D eigenvalue weighted by molar-refractivity contribution is 5.74. The van der Waals surface area contributed by atoms with Crippen LogP contribution in [-0.4, -0.2) is 33.1 Å². The molecule has 3 N–H and O–H groups in total. The number of rotatable bonds is 4. The number of primary amides is 1. The van der Waals surface area contributed by atoms with Gasteiger partial charge in [-0.3, -0.25) is 4.79 Å². The van der Waals surface area contributed by atoms with Gasteiger partial charge in [0, 0.05) is 18.7 Å². The van der Waals surface area contributed by atoms with Crippen molar-refractivity contribution in [2.45, 2.75) is 76.0 Å². The van der Waals surface area contributed by atoms with Gasteiger partial charge in [-0.25, -0.2) is 0 Å². The molecule has 0 saturated heterocycles. The molecule has 132 valence electrons. The van der Waals surface area contributed by atoms with Crippen LogP contribution in [0.2, 0.25) is 0 Å². The molecule has 0 radical (unpaired) electrons. The first-order valence-electron chi connectivity index (χ1n) is 9.45. The molecule has 4 bridgehead atoms. The lowest BCUT2D eigenvalue weighted by Gasteiger charge is -2.62. The lowest BCUT2D eigenvalue weighted by atomic mass is 9.51. The highest BCUT2D eigenvalue weighted by Gasteiger charge is 2.57. The van der Waals surface area contributed by atoms with Crippen LogP contribution < -0.4 is 5.73 Å². The van der Waals surface area contributed by atoms with E-state index < -0.39 is 0 Å². The molecule has 1 heterocycles. The van der Waals surface area contributed by atoms with Crippen molar-refractivity contribution in [3.05, 3.63) is 23.9 Å². The molecule has 4 saturated carbocycles. The minimum Gasteiger partial charge on any atom is -0.390 e. The van der Waals surface area contributed by atoms with E-state index in [4.69, 9.17) is 5.73 Å². The molecule has 2 unspecified atom stereocenters. The van der Waals surface area contributed by atoms with Crippen molar-refractivity contribution in [2.75, 3.05) is 0 Å². The van der Waals surface area contributed by atoms with Gasteiger partial charge in [0.2, 0.25) is 5.91 Å². The van der Waals surface area contributed by atoms with Crippen LogP contribution in [0.1, 0.15) is 58.8 Å². The van der Waals surface area contributed by atoms with E-state index in [-0.39, 0.29) is 17.0 Å². The Hall–Kier alpha value is -1.29. The van der Waals surface area contributed by atoms with Crippen molar-refractivity contribution < 1.29 is 9.90 Å². The van der Waals surface area contributed by atoms with Gasteiger partial charge in [0.05, 0.1) is 11.1 Å². The second kappa shape index (κ2) is 5.35. The van der Waals surface area contributed by atoms with Gasteiger partial charge >= 0.3 is 0 Å². The SMILES string of the molecule is CC1(C)C(CCC(N)=O)=CC=CN1C1C2CC3CC1CC(O)(C3)C2. The number of hydrogen-bond donors (Lipinski definition) is 2. The third-order valence-corrected chi connectivity index (χ3v) is 7.13. The summed E-state index contributed by atoms with van der Waals surface area (Å²) >= 11 is 0. The van der Waals surface area contributed by atoms with E-state index in [1.165, 1.54) is 18.4 Å². The van der Waals surface area contributed by atoms with Crippen LogP contribution in [0.15, 0.2) is 23.9 Å². The average molecular weight is 330 g/mol. The van der Waals surface area contributed by atoms with Gasteiger partial charge in [-0.1, -0.05) is 6.08 Å². The second-order valence-corrected chi connectivity index (χ2v) is 9.15. The number of nitrogens with two attached hydrogens (primary N) is 1. The molecule has 5 rings (SSSR count). The summed E-state index contributed by atoms with van der Waals surface area (Å²) in [5.74, 6) is 1.69. The maximum atomic E-state index is 11.2. The lowest BCUT2D eigenvalue weighted by Crippen LogP contribution is -2.64. The minimum absolute atomic E-state index is 0.0904. The number of aliphatic hydroxyl groups is 1. The monoisotopic (exact) mass is 330 g/mol. The Labute approximate surface area is 144 Å². The summed E-state index contributed by atoms with van der Waals surface area (Å²) in [5, 5.41) is 10.8. The Bertz CT molecular complexity index is 591. The van der Waals surface area contributed by atoms with E-state index in [9.17, 15) is 9.90 Å². The number of amides is 1. The molecular weight excluding hydrogens is 300 g/mol. The number of carbonyl (C=O) groups excluding carboxylic acids is 1. The van der Waals surface area contributed by atoms with Crippen LogP contribution >= 0.6 is 0 Å². The maximum Gasteiger partial charge on any atom is 0.217 e. The third kappa shape index (κ3) is 2.50. The highest BCUT2D eigenvalue weighted by atomic mass is 16.3. The van der Waals surface area contributed by atoms with Crippen molar-refractivity contribution in [2.24, 2.45) is 23.5 Å². The molecule has 0 aromatic heterocycles. The van der Waals surface area contributed by atoms with Crippen LogP contribution in [0.3, 0.4) is 0 Å². The molecule has 2 atom stereocenters. The van der Waals surface area contributed by atoms with Gasteiger partial charge < -0.3 is 15.7 Å². The number of allylic oxidation sites excluding steroid dienone is 2. The first-order chi connectivity index (χ1) is 11.3. The largest absolute Gasteiger partial charge is 0.390 e. The van der Waals surface area contributed by atoms with E-state index in [1.807, 2.05) is 0 Å². The molecule has 4 aliphatic carbocycles. The first-order valence-corrected chi connectivity index (χ1v) is 9.45. The summed E-state index contributed by atoms with van der Waals surface area (Å²) in [6.45, 7) is 4.53. The standard InChI is InChI=1S/C20H30N2O2/c1-19(2)16(5-6-17(21)23)4-3-7-22(19)18-14-8-13-9-15(18)12-20(24,10-13)11-14/h3-4,7,13-15,18,24H,5-6,8-12H2,1-2H3,(H2,21,23). The molecule has 24 heavy (non-hydrogen) atoms. The first kappa shape index (κ1) is 16.2. The number of nitrogens with zero attached hydrogens (tertiary/aromatic N) is 1. The van der Waals surface area contributed by atoms with Crippen LogP contribution in [0.25, 0.3) is 0 Å². The summed E-state index contributed by atoms with van der Waals surface area (Å²) < 4.78 is 0. The second-order valence-electron chi connectivity index (χ2n) is 9.15. The van der Waals surface area contributed by atoms with E-state index in [2.05, 4.69) is 37.1 Å². The molecule has 5 aliphatic rings. The zero-order valence-electron chi connectivity index (χ0n) is 14.9. The Morgan fingerprint density at radius 1 is 1.29 bits per heavy atom. The average Bonchev–Trinajstić information content (AvgIpc) is 2.44. The molecule has 4 heteroatoms. The zero-order chi connectivity index (χ0) is 17.1. The smallest absolute Gasteiger partial charge is 0.217 e. The predicted octanol–water partition coefficient (Wildman–Crippen LogP) is 2.73. The quantitative estimate of drug-likeness (QED) is 0.833. The minimum atomic E-state index is -0.388. The molecule has 1 amide bonds. The van der Waals surface area contributed by atoms with Gasteiger partial charge in [-0.15, -0.1) is 0 Å². The van der Waals surface area contributed by atoms with Gasteiger partial charge in [-0.2, -0.15) is 0 Å². The van der Waals surface area contributed by atoms with Crippen LogP contribution in [0.5, 0.6) is 0 Å². The summed E-state index contributed by atoms with van der Waals surface area (Å²) in [5.41, 5.74) is 6.17. The number of hydrogen-bond acceptors (Lipinski definition) is 3. The van der Waals surface area contributed by atoms with Crippen molar-refractivity contribution in [3.8, 4) is 0 Å². The maximum absolute atomic E-state index is 11.2. The molecule has 0 aromatic rings. The van der Waals surface area contributed by atoms with E-state index >= 15 is 0 Å². The van der Waals surface area contributed by atoms with Gasteiger partial charge in [-0.05, 0) is 81.8 Å². The van der Waals surface area contributed by atoms with Crippen molar-refractivity contribution in [3.63, 3.8) is 0 Å². The van der Waals surface area contributed by atoms with Crippen LogP contribution in [0, 0.1) is 17.8 Å². The van der Waals surface area contributed by atoms with Gasteiger partial charge in [0.1, 0.15) is 0 Å². The topological polar surface area (TPSA) is 66.6 Å². The molecule has 1 aliphatic heterocycles. The molecule has 0 spiro atoms. The molecule has 4 nitrogen and oxygen atoms in total. The molecule has 0 aromatic carbocycles. The van der Waals surface area contributed by atoms with Gasteiger partial charge in [0.25, 0.3) is 0 Å².